The summed E-state index contributed by atoms with van der Waals surface area (Å²) >= 11 is 0. The van der Waals surface area contributed by atoms with Gasteiger partial charge in [0.25, 0.3) is 0 Å². The third-order valence-electron chi connectivity index (χ3n) is 1.11. The molecule has 62 valence electrons. The molecule has 0 saturated carbocycles. The van der Waals surface area contributed by atoms with Gasteiger partial charge in [-0.3, -0.25) is 5.32 Å². The topological polar surface area (TPSA) is 55.4 Å². The summed E-state index contributed by atoms with van der Waals surface area (Å²) in [5.74, 6) is 1.57. The second-order valence-electron chi connectivity index (χ2n) is 2.29. The average molecular weight is 157 g/mol. The molecule has 11 heavy (non-hydrogen) atoms. The number of rotatable bonds is 2. The van der Waals surface area contributed by atoms with E-state index in [0.717, 1.165) is 0 Å². The first-order chi connectivity index (χ1) is 5.11. The van der Waals surface area contributed by atoms with E-state index in [9.17, 15) is 9.59 Å². The van der Waals surface area contributed by atoms with Gasteiger partial charge in [-0.1, -0.05) is 13.8 Å². The van der Waals surface area contributed by atoms with E-state index in [1.165, 1.54) is 7.11 Å². The lowest BCUT2D eigenvalue weighted by Crippen LogP contribution is -2.25. The van der Waals surface area contributed by atoms with Gasteiger partial charge in [-0.15, -0.1) is 0 Å². The number of hydrogen-bond donors (Lipinski definition) is 1. The molecular formula is C7H11NO3. The fourth-order valence-corrected chi connectivity index (χ4v) is 0.449. The summed E-state index contributed by atoms with van der Waals surface area (Å²) in [5.41, 5.74) is 0.205. The SMILES string of the molecule is COC(=O)NC(=C=O)C(C)C. The summed E-state index contributed by atoms with van der Waals surface area (Å²) in [6.45, 7) is 3.55. The molecular weight excluding hydrogens is 146 g/mol. The summed E-state index contributed by atoms with van der Waals surface area (Å²) in [6.07, 6.45) is -0.642. The van der Waals surface area contributed by atoms with Crippen LogP contribution in [0.15, 0.2) is 5.70 Å². The zero-order valence-corrected chi connectivity index (χ0v) is 6.80. The quantitative estimate of drug-likeness (QED) is 0.601. The van der Waals surface area contributed by atoms with Crippen molar-refractivity contribution in [2.45, 2.75) is 13.8 Å². The Balaban J connectivity index is 4.12. The minimum atomic E-state index is -0.642. The van der Waals surface area contributed by atoms with Crippen LogP contribution in [0.1, 0.15) is 13.8 Å². The molecule has 0 rings (SSSR count). The van der Waals surface area contributed by atoms with Crippen molar-refractivity contribution < 1.29 is 14.3 Å². The Morgan fingerprint density at radius 1 is 1.55 bits per heavy atom. The highest BCUT2D eigenvalue weighted by atomic mass is 16.5. The highest BCUT2D eigenvalue weighted by Gasteiger charge is 2.07. The number of hydrogen-bond acceptors (Lipinski definition) is 3. The summed E-state index contributed by atoms with van der Waals surface area (Å²) in [6, 6.07) is 0. The average Bonchev–Trinajstić information content (AvgIpc) is 1.99. The van der Waals surface area contributed by atoms with E-state index in [2.05, 4.69) is 10.1 Å². The maximum Gasteiger partial charge on any atom is 0.411 e. The number of carbonyl (C=O) groups excluding carboxylic acids is 2. The molecule has 0 aliphatic rings. The number of ether oxygens (including phenoxy) is 1. The number of carbonyl (C=O) groups is 1. The first kappa shape index (κ1) is 9.72. The monoisotopic (exact) mass is 157 g/mol. The third-order valence-corrected chi connectivity index (χ3v) is 1.11. The summed E-state index contributed by atoms with van der Waals surface area (Å²) in [5, 5.41) is 2.25. The van der Waals surface area contributed by atoms with Gasteiger partial charge in [0.1, 0.15) is 11.6 Å². The van der Waals surface area contributed by atoms with E-state index < -0.39 is 6.09 Å². The van der Waals surface area contributed by atoms with Crippen LogP contribution in [0, 0.1) is 5.92 Å². The Morgan fingerprint density at radius 2 is 2.09 bits per heavy atom. The van der Waals surface area contributed by atoms with Gasteiger partial charge in [0.15, 0.2) is 0 Å². The molecule has 1 amide bonds. The standard InChI is InChI=1S/C7H11NO3/c1-5(2)6(4-9)8-7(10)11-3/h5H,1-3H3,(H,8,10). The van der Waals surface area contributed by atoms with Gasteiger partial charge in [0, 0.05) is 5.92 Å². The van der Waals surface area contributed by atoms with Crippen molar-refractivity contribution in [3.05, 3.63) is 5.70 Å². The molecule has 0 aliphatic carbocycles. The van der Waals surface area contributed by atoms with Crippen molar-refractivity contribution in [1.29, 1.82) is 0 Å². The van der Waals surface area contributed by atoms with Crippen LogP contribution >= 0.6 is 0 Å². The first-order valence-corrected chi connectivity index (χ1v) is 3.21. The summed E-state index contributed by atoms with van der Waals surface area (Å²) in [7, 11) is 1.23. The molecule has 0 heterocycles. The molecule has 4 heteroatoms. The van der Waals surface area contributed by atoms with E-state index in [0.29, 0.717) is 0 Å². The molecule has 0 aromatic carbocycles. The van der Waals surface area contributed by atoms with Crippen molar-refractivity contribution in [1.82, 2.24) is 5.32 Å². The van der Waals surface area contributed by atoms with Gasteiger partial charge in [-0.05, 0) is 0 Å². The van der Waals surface area contributed by atoms with Gasteiger partial charge in [-0.2, -0.15) is 0 Å². The summed E-state index contributed by atoms with van der Waals surface area (Å²) < 4.78 is 4.28. The zero-order chi connectivity index (χ0) is 8.85. The Kier molecular flexibility index (Phi) is 4.00. The van der Waals surface area contributed by atoms with Crippen LogP contribution in [0.25, 0.3) is 0 Å². The number of methoxy groups -OCH3 is 1. The van der Waals surface area contributed by atoms with Gasteiger partial charge >= 0.3 is 6.09 Å². The Hall–Kier alpha value is -1.28. The smallest absolute Gasteiger partial charge is 0.411 e. The molecule has 0 bridgehead atoms. The number of alkyl carbamates (subject to hydrolysis) is 1. The first-order valence-electron chi connectivity index (χ1n) is 3.21. The van der Waals surface area contributed by atoms with Gasteiger partial charge < -0.3 is 4.74 Å². The van der Waals surface area contributed by atoms with Crippen LogP contribution in [-0.4, -0.2) is 19.1 Å². The summed E-state index contributed by atoms with van der Waals surface area (Å²) in [4.78, 5) is 20.7. The molecule has 0 aromatic heterocycles. The number of nitrogens with one attached hydrogen (secondary N) is 1. The maximum absolute atomic E-state index is 10.6. The highest BCUT2D eigenvalue weighted by molar-refractivity contribution is 5.73. The van der Waals surface area contributed by atoms with E-state index in [1.807, 2.05) is 0 Å². The Labute approximate surface area is 65.2 Å². The molecule has 0 unspecified atom stereocenters. The zero-order valence-electron chi connectivity index (χ0n) is 6.80. The largest absolute Gasteiger partial charge is 0.453 e. The molecule has 0 atom stereocenters. The second kappa shape index (κ2) is 4.52. The number of amides is 1. The molecule has 4 nitrogen and oxygen atoms in total. The van der Waals surface area contributed by atoms with Crippen LogP contribution < -0.4 is 5.32 Å². The van der Waals surface area contributed by atoms with Crippen LogP contribution in [0.2, 0.25) is 0 Å². The van der Waals surface area contributed by atoms with Crippen molar-refractivity contribution in [3.8, 4) is 0 Å². The van der Waals surface area contributed by atoms with Gasteiger partial charge in [0.05, 0.1) is 7.11 Å². The lowest BCUT2D eigenvalue weighted by molar-refractivity contribution is 0.173. The van der Waals surface area contributed by atoms with E-state index in [-0.39, 0.29) is 11.6 Å². The molecule has 0 spiro atoms. The van der Waals surface area contributed by atoms with Gasteiger partial charge in [-0.25, -0.2) is 9.59 Å². The fraction of sp³-hybridized carbons (Fsp3) is 0.571. The molecule has 0 fully saturated rings. The van der Waals surface area contributed by atoms with Crippen molar-refractivity contribution in [3.63, 3.8) is 0 Å². The highest BCUT2D eigenvalue weighted by Crippen LogP contribution is 2.00. The van der Waals surface area contributed by atoms with Crippen molar-refractivity contribution >= 4 is 12.0 Å². The van der Waals surface area contributed by atoms with Gasteiger partial charge in [0.2, 0.25) is 0 Å². The Bertz CT molecular complexity index is 192. The van der Waals surface area contributed by atoms with E-state index in [4.69, 9.17) is 0 Å². The van der Waals surface area contributed by atoms with Crippen molar-refractivity contribution in [2.24, 2.45) is 5.92 Å². The van der Waals surface area contributed by atoms with Crippen LogP contribution in [0.5, 0.6) is 0 Å². The lowest BCUT2D eigenvalue weighted by atomic mass is 10.2. The molecule has 0 radical (unpaired) electrons. The minimum absolute atomic E-state index is 0.0494. The molecule has 0 aliphatic heterocycles. The van der Waals surface area contributed by atoms with Crippen LogP contribution in [0.4, 0.5) is 4.79 Å². The second-order valence-corrected chi connectivity index (χ2v) is 2.29. The normalized spacial score (nSPS) is 8.73. The van der Waals surface area contributed by atoms with Crippen LogP contribution in [-0.2, 0) is 9.53 Å². The molecule has 0 aromatic rings. The lowest BCUT2D eigenvalue weighted by Gasteiger charge is -2.06. The van der Waals surface area contributed by atoms with Crippen molar-refractivity contribution in [2.75, 3.05) is 7.11 Å². The predicted octanol–water partition coefficient (Wildman–Crippen LogP) is 0.714. The van der Waals surface area contributed by atoms with E-state index in [1.54, 1.807) is 19.8 Å². The molecule has 0 saturated heterocycles. The van der Waals surface area contributed by atoms with Crippen LogP contribution in [0.3, 0.4) is 0 Å². The van der Waals surface area contributed by atoms with E-state index >= 15 is 0 Å². The Morgan fingerprint density at radius 3 is 2.36 bits per heavy atom. The predicted molar refractivity (Wildman–Crippen MR) is 39.6 cm³/mol. The maximum atomic E-state index is 10.6. The number of allylic oxidation sites excluding steroid dienone is 1. The third kappa shape index (κ3) is 3.43. The molecule has 1 N–H and O–H groups in total. The fourth-order valence-electron chi connectivity index (χ4n) is 0.449. The minimum Gasteiger partial charge on any atom is -0.453 e.